The molecule has 0 aliphatic heterocycles. The van der Waals surface area contributed by atoms with Gasteiger partial charge in [-0.2, -0.15) is 8.91 Å². The Morgan fingerprint density at radius 1 is 1.50 bits per heavy atom. The second-order valence-electron chi connectivity index (χ2n) is 2.32. The molecule has 0 atom stereocenters. The number of anilines is 1. The molecule has 2 rings (SSSR count). The number of halogens is 1. The lowest BCUT2D eigenvalue weighted by Crippen LogP contribution is -1.99. The maximum atomic E-state index is 12.9. The van der Waals surface area contributed by atoms with Crippen LogP contribution in [-0.2, 0) is 0 Å². The lowest BCUT2D eigenvalue weighted by Gasteiger charge is -1.98. The first-order valence-electron chi connectivity index (χ1n) is 3.49. The fourth-order valence-electron chi connectivity index (χ4n) is 0.979. The summed E-state index contributed by atoms with van der Waals surface area (Å²) in [6.07, 6.45) is 1.14. The number of nitrogens with one attached hydrogen (secondary N) is 1. The van der Waals surface area contributed by atoms with Gasteiger partial charge in [-0.25, -0.2) is 4.98 Å². The van der Waals surface area contributed by atoms with E-state index in [9.17, 15) is 4.39 Å². The summed E-state index contributed by atoms with van der Waals surface area (Å²) in [5, 5.41) is 6.73. The molecular weight excluding hydrogens is 159 g/mol. The van der Waals surface area contributed by atoms with Crippen molar-refractivity contribution in [3.63, 3.8) is 0 Å². The Morgan fingerprint density at radius 3 is 3.08 bits per heavy atom. The smallest absolute Gasteiger partial charge is 0.234 e. The topological polar surface area (TPSA) is 42.2 Å². The van der Waals surface area contributed by atoms with E-state index < -0.39 is 5.95 Å². The molecular formula is C7H7FN4. The van der Waals surface area contributed by atoms with E-state index >= 15 is 0 Å². The minimum atomic E-state index is -0.456. The first kappa shape index (κ1) is 7.02. The molecule has 12 heavy (non-hydrogen) atoms. The van der Waals surface area contributed by atoms with Crippen molar-refractivity contribution in [3.05, 3.63) is 24.3 Å². The summed E-state index contributed by atoms with van der Waals surface area (Å²) < 4.78 is 14.0. The zero-order valence-electron chi connectivity index (χ0n) is 6.45. The maximum Gasteiger partial charge on any atom is 0.234 e. The molecule has 1 N–H and O–H groups in total. The Hall–Kier alpha value is -1.65. The van der Waals surface area contributed by atoms with Crippen LogP contribution in [0.25, 0.3) is 5.65 Å². The van der Waals surface area contributed by atoms with Gasteiger partial charge in [0, 0.05) is 7.05 Å². The van der Waals surface area contributed by atoms with Gasteiger partial charge in [0.25, 0.3) is 0 Å². The lowest BCUT2D eigenvalue weighted by molar-refractivity contribution is 0.550. The first-order chi connectivity index (χ1) is 5.81. The predicted octanol–water partition coefficient (Wildman–Crippen LogP) is 0.910. The molecule has 0 radical (unpaired) electrons. The Balaban J connectivity index is 2.71. The number of hydrogen-bond acceptors (Lipinski definition) is 3. The maximum absolute atomic E-state index is 12.9. The summed E-state index contributed by atoms with van der Waals surface area (Å²) in [5.74, 6) is 0.154. The van der Waals surface area contributed by atoms with E-state index in [0.717, 1.165) is 10.7 Å². The van der Waals surface area contributed by atoms with Gasteiger partial charge in [0.1, 0.15) is 5.82 Å². The van der Waals surface area contributed by atoms with E-state index in [1.165, 1.54) is 0 Å². The molecule has 0 aliphatic rings. The van der Waals surface area contributed by atoms with Crippen LogP contribution < -0.4 is 5.32 Å². The van der Waals surface area contributed by atoms with Crippen LogP contribution in [-0.4, -0.2) is 21.6 Å². The van der Waals surface area contributed by atoms with Gasteiger partial charge >= 0.3 is 0 Å². The minimum absolute atomic E-state index is 0.456. The van der Waals surface area contributed by atoms with Crippen molar-refractivity contribution >= 4 is 11.5 Å². The van der Waals surface area contributed by atoms with Crippen LogP contribution in [0.2, 0.25) is 0 Å². The third kappa shape index (κ3) is 0.903. The zero-order chi connectivity index (χ0) is 8.55. The number of aromatic nitrogens is 3. The second-order valence-corrected chi connectivity index (χ2v) is 2.32. The molecule has 0 fully saturated rings. The Kier molecular flexibility index (Phi) is 1.43. The number of fused-ring (bicyclic) bond motifs is 1. The van der Waals surface area contributed by atoms with Gasteiger partial charge in [0.05, 0.1) is 6.20 Å². The normalized spacial score (nSPS) is 10.5. The largest absolute Gasteiger partial charge is 0.372 e. The zero-order valence-corrected chi connectivity index (χ0v) is 6.45. The molecule has 0 spiro atoms. The van der Waals surface area contributed by atoms with E-state index in [-0.39, 0.29) is 0 Å². The number of imidazole rings is 1. The highest BCUT2D eigenvalue weighted by Gasteiger charge is 2.02. The van der Waals surface area contributed by atoms with Crippen molar-refractivity contribution < 1.29 is 4.39 Å². The van der Waals surface area contributed by atoms with Crippen LogP contribution in [0.3, 0.4) is 0 Å². The Bertz CT molecular complexity index is 409. The van der Waals surface area contributed by atoms with Crippen molar-refractivity contribution in [3.8, 4) is 0 Å². The Labute approximate surface area is 68.0 Å². The molecule has 2 aromatic rings. The molecule has 2 heterocycles. The van der Waals surface area contributed by atoms with Crippen molar-refractivity contribution in [2.45, 2.75) is 0 Å². The van der Waals surface area contributed by atoms with Gasteiger partial charge in [-0.05, 0) is 12.1 Å². The quantitative estimate of drug-likeness (QED) is 0.684. The molecule has 0 aromatic carbocycles. The first-order valence-corrected chi connectivity index (χ1v) is 3.49. The highest BCUT2D eigenvalue weighted by molar-refractivity contribution is 5.43. The molecule has 2 aromatic heterocycles. The standard InChI is InChI=1S/C7H7FN4/c1-9-6-2-3-7-10-4-5(8)12(7)11-6/h2-4H,1H3,(H,9,11). The van der Waals surface area contributed by atoms with E-state index in [1.807, 2.05) is 0 Å². The monoisotopic (exact) mass is 166 g/mol. The van der Waals surface area contributed by atoms with Gasteiger partial charge in [0.15, 0.2) is 5.65 Å². The van der Waals surface area contributed by atoms with E-state index in [1.54, 1.807) is 19.2 Å². The minimum Gasteiger partial charge on any atom is -0.372 e. The predicted molar refractivity (Wildman–Crippen MR) is 42.5 cm³/mol. The molecule has 0 unspecified atom stereocenters. The molecule has 5 heteroatoms. The van der Waals surface area contributed by atoms with E-state index in [2.05, 4.69) is 15.4 Å². The average Bonchev–Trinajstić information content (AvgIpc) is 2.47. The summed E-state index contributed by atoms with van der Waals surface area (Å²) in [5.41, 5.74) is 0.506. The summed E-state index contributed by atoms with van der Waals surface area (Å²) in [4.78, 5) is 3.79. The van der Waals surface area contributed by atoms with Crippen LogP contribution in [0.5, 0.6) is 0 Å². The lowest BCUT2D eigenvalue weighted by atomic mass is 10.5. The van der Waals surface area contributed by atoms with Gasteiger partial charge in [0.2, 0.25) is 5.95 Å². The van der Waals surface area contributed by atoms with Gasteiger partial charge in [-0.15, -0.1) is 5.10 Å². The van der Waals surface area contributed by atoms with Gasteiger partial charge < -0.3 is 5.32 Å². The van der Waals surface area contributed by atoms with Crippen molar-refractivity contribution in [1.82, 2.24) is 14.6 Å². The number of nitrogens with zero attached hydrogens (tertiary/aromatic N) is 3. The summed E-state index contributed by atoms with van der Waals surface area (Å²) in [6.45, 7) is 0. The average molecular weight is 166 g/mol. The molecule has 0 saturated heterocycles. The van der Waals surface area contributed by atoms with Crippen LogP contribution in [0.4, 0.5) is 10.2 Å². The third-order valence-electron chi connectivity index (χ3n) is 1.58. The van der Waals surface area contributed by atoms with Crippen LogP contribution in [0.15, 0.2) is 18.3 Å². The highest BCUT2D eigenvalue weighted by atomic mass is 19.1. The molecule has 0 bridgehead atoms. The second kappa shape index (κ2) is 2.44. The van der Waals surface area contributed by atoms with Crippen molar-refractivity contribution in [2.75, 3.05) is 12.4 Å². The fourth-order valence-corrected chi connectivity index (χ4v) is 0.979. The fraction of sp³-hybridized carbons (Fsp3) is 0.143. The SMILES string of the molecule is CNc1ccc2ncc(F)n2n1. The molecule has 0 aliphatic carbocycles. The van der Waals surface area contributed by atoms with Crippen molar-refractivity contribution in [1.29, 1.82) is 0 Å². The molecule has 0 amide bonds. The summed E-state index contributed by atoms with van der Waals surface area (Å²) >= 11 is 0. The highest BCUT2D eigenvalue weighted by Crippen LogP contribution is 2.06. The Morgan fingerprint density at radius 2 is 2.33 bits per heavy atom. The molecule has 0 saturated carbocycles. The number of hydrogen-bond donors (Lipinski definition) is 1. The third-order valence-corrected chi connectivity index (χ3v) is 1.58. The van der Waals surface area contributed by atoms with E-state index in [0.29, 0.717) is 11.5 Å². The van der Waals surface area contributed by atoms with Gasteiger partial charge in [-0.3, -0.25) is 0 Å². The van der Waals surface area contributed by atoms with Crippen LogP contribution >= 0.6 is 0 Å². The summed E-state index contributed by atoms with van der Waals surface area (Å²) in [6, 6.07) is 3.43. The molecule has 4 nitrogen and oxygen atoms in total. The molecule has 62 valence electrons. The van der Waals surface area contributed by atoms with Crippen LogP contribution in [0.1, 0.15) is 0 Å². The summed E-state index contributed by atoms with van der Waals surface area (Å²) in [7, 11) is 1.73. The van der Waals surface area contributed by atoms with Gasteiger partial charge in [-0.1, -0.05) is 0 Å². The number of rotatable bonds is 1. The van der Waals surface area contributed by atoms with E-state index in [4.69, 9.17) is 0 Å². The van der Waals surface area contributed by atoms with Crippen LogP contribution in [0, 0.1) is 5.95 Å². The van der Waals surface area contributed by atoms with Crippen molar-refractivity contribution in [2.24, 2.45) is 0 Å².